The molecule has 9 nitrogen and oxygen atoms in total. The molecular formula is C65H118N2O7P+. The lowest BCUT2D eigenvalue weighted by atomic mass is 10.0. The van der Waals surface area contributed by atoms with Gasteiger partial charge in [-0.1, -0.05) is 254 Å². The number of likely N-dealkylation sites (N-methyl/N-ethyl adjacent to an activating group) is 1. The van der Waals surface area contributed by atoms with E-state index < -0.39 is 20.0 Å². The molecule has 434 valence electrons. The molecule has 75 heavy (non-hydrogen) atoms. The van der Waals surface area contributed by atoms with Crippen LogP contribution in [0.4, 0.5) is 0 Å². The Bertz CT molecular complexity index is 1560. The molecule has 1 amide bonds. The molecule has 0 aliphatic carbocycles. The number of amides is 1. The highest BCUT2D eigenvalue weighted by Crippen LogP contribution is 2.43. The van der Waals surface area contributed by atoms with Gasteiger partial charge in [-0.25, -0.2) is 4.57 Å². The van der Waals surface area contributed by atoms with Crippen LogP contribution in [0.2, 0.25) is 0 Å². The lowest BCUT2D eigenvalue weighted by Crippen LogP contribution is -2.47. The molecule has 0 rings (SSSR count). The number of rotatable bonds is 55. The van der Waals surface area contributed by atoms with Gasteiger partial charge in [-0.15, -0.1) is 0 Å². The highest BCUT2D eigenvalue weighted by molar-refractivity contribution is 7.47. The molecule has 0 saturated carbocycles. The van der Waals surface area contributed by atoms with E-state index in [9.17, 15) is 19.0 Å². The fourth-order valence-electron chi connectivity index (χ4n) is 8.59. The molecule has 0 aliphatic heterocycles. The van der Waals surface area contributed by atoms with Crippen molar-refractivity contribution in [3.8, 4) is 0 Å². The highest BCUT2D eigenvalue weighted by Gasteiger charge is 2.30. The molecule has 0 aliphatic rings. The second-order valence-corrected chi connectivity index (χ2v) is 23.3. The van der Waals surface area contributed by atoms with Gasteiger partial charge in [-0.05, 0) is 83.1 Å². The van der Waals surface area contributed by atoms with Crippen LogP contribution in [0.1, 0.15) is 265 Å². The number of esters is 1. The predicted molar refractivity (Wildman–Crippen MR) is 323 cm³/mol. The van der Waals surface area contributed by atoms with Gasteiger partial charge in [-0.2, -0.15) is 0 Å². The maximum atomic E-state index is 13.5. The minimum Gasteiger partial charge on any atom is -0.456 e. The second-order valence-electron chi connectivity index (χ2n) is 21.9. The third kappa shape index (κ3) is 55.7. The van der Waals surface area contributed by atoms with Crippen LogP contribution in [0.5, 0.6) is 0 Å². The molecule has 0 spiro atoms. The summed E-state index contributed by atoms with van der Waals surface area (Å²) in [4.78, 5) is 37.7. The standard InChI is InChI=1S/C65H117N2O7P/c1-7-10-13-16-19-22-25-28-30-31-32-33-34-35-37-39-42-45-48-51-54-57-64(68)66-62(61-73-75(70,71)72-60-59-67(4,5)6)63(56-53-50-47-44-41-38-27-24-21-18-15-12-9-3)74-65(69)58-55-52-49-46-43-40-36-29-26-23-20-17-14-11-8-2/h10,13,19,22,28,30,32-33,35,37,42,45,53,56,62-63H,7-9,11-12,14-18,20-21,23-27,29,31,34,36,38-41,43-44,46-52,54-55,57-61H2,1-6H3,(H-,66,68,70,71)/p+1/b13-10-,22-19-,30-28-,33-32-,37-35-,45-42-,56-53-. The van der Waals surface area contributed by atoms with Crippen LogP contribution < -0.4 is 5.32 Å². The first kappa shape index (κ1) is 72.2. The Hall–Kier alpha value is -2.81. The van der Waals surface area contributed by atoms with E-state index in [0.29, 0.717) is 17.4 Å². The van der Waals surface area contributed by atoms with Crippen LogP contribution in [0.25, 0.3) is 0 Å². The van der Waals surface area contributed by atoms with E-state index in [1.54, 1.807) is 0 Å². The Balaban J connectivity index is 5.37. The summed E-state index contributed by atoms with van der Waals surface area (Å²) in [6, 6.07) is -0.873. The average Bonchev–Trinajstić information content (AvgIpc) is 3.37. The summed E-state index contributed by atoms with van der Waals surface area (Å²) >= 11 is 0. The zero-order valence-corrected chi connectivity index (χ0v) is 50.4. The van der Waals surface area contributed by atoms with E-state index in [4.69, 9.17) is 13.8 Å². The van der Waals surface area contributed by atoms with Gasteiger partial charge in [0.15, 0.2) is 0 Å². The van der Waals surface area contributed by atoms with Crippen molar-refractivity contribution < 1.29 is 37.3 Å². The van der Waals surface area contributed by atoms with E-state index >= 15 is 0 Å². The fraction of sp³-hybridized carbons (Fsp3) is 0.754. The number of unbranched alkanes of at least 4 members (excludes halogenated alkanes) is 27. The van der Waals surface area contributed by atoms with Crippen molar-refractivity contribution in [2.24, 2.45) is 0 Å². The SMILES string of the molecule is CC/C=C\C/C=C\C/C=C\C/C=C\C/C=C\C/C=C\CCCCC(=O)NC(COP(=O)(O)OCC[N+](C)(C)C)C(/C=C\CCCCCCCCCCCCC)OC(=O)CCCCCCCCCCCCCCCCC. The summed E-state index contributed by atoms with van der Waals surface area (Å²) in [5.41, 5.74) is 0. The number of allylic oxidation sites excluding steroid dienone is 13. The van der Waals surface area contributed by atoms with Gasteiger partial charge in [0.05, 0.1) is 33.8 Å². The van der Waals surface area contributed by atoms with Crippen molar-refractivity contribution in [2.75, 3.05) is 40.9 Å². The molecule has 0 fully saturated rings. The van der Waals surface area contributed by atoms with Crippen LogP contribution in [0, 0.1) is 0 Å². The van der Waals surface area contributed by atoms with Crippen molar-refractivity contribution in [2.45, 2.75) is 277 Å². The molecule has 0 radical (unpaired) electrons. The van der Waals surface area contributed by atoms with Gasteiger partial charge in [0.2, 0.25) is 5.91 Å². The van der Waals surface area contributed by atoms with E-state index in [1.807, 2.05) is 33.3 Å². The number of carbonyl (C=O) groups is 2. The molecule has 0 aromatic heterocycles. The maximum absolute atomic E-state index is 13.5. The number of ether oxygens (including phenoxy) is 1. The summed E-state index contributed by atoms with van der Waals surface area (Å²) in [5.74, 6) is -0.552. The van der Waals surface area contributed by atoms with Crippen LogP contribution in [0.3, 0.4) is 0 Å². The summed E-state index contributed by atoms with van der Waals surface area (Å²) in [6.45, 7) is 6.87. The smallest absolute Gasteiger partial charge is 0.456 e. The van der Waals surface area contributed by atoms with E-state index in [2.05, 4.69) is 99.0 Å². The molecule has 0 aromatic rings. The number of quaternary nitrogens is 1. The van der Waals surface area contributed by atoms with Crippen molar-refractivity contribution in [3.05, 3.63) is 85.1 Å². The third-order valence-electron chi connectivity index (χ3n) is 13.3. The van der Waals surface area contributed by atoms with Crippen molar-refractivity contribution in [1.82, 2.24) is 5.32 Å². The molecule has 0 saturated heterocycles. The van der Waals surface area contributed by atoms with Gasteiger partial charge in [0.1, 0.15) is 19.3 Å². The number of nitrogens with one attached hydrogen (secondary N) is 1. The Morgan fingerprint density at radius 3 is 1.29 bits per heavy atom. The van der Waals surface area contributed by atoms with Crippen LogP contribution in [0.15, 0.2) is 85.1 Å². The lowest BCUT2D eigenvalue weighted by Gasteiger charge is -2.27. The van der Waals surface area contributed by atoms with Gasteiger partial charge >= 0.3 is 13.8 Å². The molecule has 2 N–H and O–H groups in total. The first-order valence-corrected chi connectivity index (χ1v) is 32.4. The number of nitrogens with zero attached hydrogens (tertiary/aromatic N) is 1. The van der Waals surface area contributed by atoms with Crippen LogP contribution >= 0.6 is 7.82 Å². The lowest BCUT2D eigenvalue weighted by molar-refractivity contribution is -0.870. The maximum Gasteiger partial charge on any atom is 0.472 e. The predicted octanol–water partition coefficient (Wildman–Crippen LogP) is 19.0. The van der Waals surface area contributed by atoms with Crippen LogP contribution in [-0.2, 0) is 27.9 Å². The Morgan fingerprint density at radius 1 is 0.480 bits per heavy atom. The monoisotopic (exact) mass is 1070 g/mol. The first-order valence-electron chi connectivity index (χ1n) is 30.9. The summed E-state index contributed by atoms with van der Waals surface area (Å²) in [6.07, 6.45) is 71.5. The summed E-state index contributed by atoms with van der Waals surface area (Å²) in [5, 5.41) is 3.03. The van der Waals surface area contributed by atoms with E-state index in [-0.39, 0.29) is 37.9 Å². The molecule has 10 heteroatoms. The number of phosphoric acid groups is 1. The third-order valence-corrected chi connectivity index (χ3v) is 14.3. The topological polar surface area (TPSA) is 111 Å². The molecule has 0 aromatic carbocycles. The number of phosphoric ester groups is 1. The Labute approximate surface area is 463 Å². The minimum atomic E-state index is -4.46. The average molecular weight is 1070 g/mol. The van der Waals surface area contributed by atoms with Crippen molar-refractivity contribution >= 4 is 19.7 Å². The molecule has 0 bridgehead atoms. The van der Waals surface area contributed by atoms with Crippen molar-refractivity contribution in [3.63, 3.8) is 0 Å². The Morgan fingerprint density at radius 2 is 0.853 bits per heavy atom. The number of hydrogen-bond donors (Lipinski definition) is 2. The van der Waals surface area contributed by atoms with Gasteiger partial charge in [-0.3, -0.25) is 18.6 Å². The fourth-order valence-corrected chi connectivity index (χ4v) is 9.33. The van der Waals surface area contributed by atoms with Gasteiger partial charge in [0, 0.05) is 12.8 Å². The minimum absolute atomic E-state index is 0.0294. The normalized spacial score (nSPS) is 14.3. The quantitative estimate of drug-likeness (QED) is 0.0205. The first-order chi connectivity index (χ1) is 36.4. The zero-order chi connectivity index (χ0) is 55.0. The van der Waals surface area contributed by atoms with Crippen molar-refractivity contribution in [1.29, 1.82) is 0 Å². The number of carbonyl (C=O) groups excluding carboxylic acids is 2. The molecular weight excluding hydrogens is 952 g/mol. The zero-order valence-electron chi connectivity index (χ0n) is 49.5. The summed E-state index contributed by atoms with van der Waals surface area (Å²) in [7, 11) is 1.46. The summed E-state index contributed by atoms with van der Waals surface area (Å²) < 4.78 is 30.7. The molecule has 3 unspecified atom stereocenters. The van der Waals surface area contributed by atoms with Gasteiger partial charge in [0.25, 0.3) is 0 Å². The number of hydrogen-bond acceptors (Lipinski definition) is 6. The molecule has 0 heterocycles. The van der Waals surface area contributed by atoms with Gasteiger partial charge < -0.3 is 19.4 Å². The molecule has 3 atom stereocenters. The van der Waals surface area contributed by atoms with E-state index in [1.165, 1.54) is 135 Å². The largest absolute Gasteiger partial charge is 0.472 e. The van der Waals surface area contributed by atoms with Crippen LogP contribution in [-0.4, -0.2) is 74.3 Å². The highest BCUT2D eigenvalue weighted by atomic mass is 31.2. The Kier molecular flexibility index (Phi) is 52.5. The second kappa shape index (κ2) is 54.5. The van der Waals surface area contributed by atoms with E-state index in [0.717, 1.165) is 89.9 Å².